The molecule has 0 aromatic heterocycles. The Bertz CT molecular complexity index is 165. The molecule has 5 nitrogen and oxygen atoms in total. The Morgan fingerprint density at radius 2 is 2.36 bits per heavy atom. The Morgan fingerprint density at radius 1 is 1.73 bits per heavy atom. The molecule has 0 aromatic carbocycles. The first-order chi connectivity index (χ1) is 5.24. The van der Waals surface area contributed by atoms with Gasteiger partial charge >= 0.3 is 0 Å². The van der Waals surface area contributed by atoms with Gasteiger partial charge < -0.3 is 15.3 Å². The average molecular weight is 158 g/mol. The summed E-state index contributed by atoms with van der Waals surface area (Å²) in [6, 6.07) is 0. The molecule has 5 heteroatoms. The maximum Gasteiger partial charge on any atom is 0.242 e. The molecule has 1 aliphatic heterocycles. The molecule has 0 atom stereocenters. The lowest BCUT2D eigenvalue weighted by Gasteiger charge is -2.35. The smallest absolute Gasteiger partial charge is 0.242 e. The minimum Gasteiger partial charge on any atom is -0.389 e. The highest BCUT2D eigenvalue weighted by Gasteiger charge is 2.27. The van der Waals surface area contributed by atoms with Gasteiger partial charge in [-0.1, -0.05) is 0 Å². The van der Waals surface area contributed by atoms with Crippen molar-refractivity contribution in [2.24, 2.45) is 0 Å². The van der Waals surface area contributed by atoms with Crippen molar-refractivity contribution >= 4 is 12.3 Å². The summed E-state index contributed by atoms with van der Waals surface area (Å²) in [6.07, 6.45) is 0.101. The van der Waals surface area contributed by atoms with Crippen molar-refractivity contribution in [3.8, 4) is 0 Å². The first kappa shape index (κ1) is 8.00. The predicted octanol–water partition coefficient (Wildman–Crippen LogP) is -2.06. The number of aliphatic hydroxyl groups excluding tert-OH is 1. The van der Waals surface area contributed by atoms with Gasteiger partial charge in [0.1, 0.15) is 0 Å². The van der Waals surface area contributed by atoms with Crippen molar-refractivity contribution in [3.05, 3.63) is 0 Å². The zero-order valence-corrected chi connectivity index (χ0v) is 5.99. The fraction of sp³-hybridized carbons (Fsp3) is 0.667. The van der Waals surface area contributed by atoms with Gasteiger partial charge in [0.25, 0.3) is 0 Å². The molecular weight excluding hydrogens is 148 g/mol. The molecule has 0 aromatic rings. The largest absolute Gasteiger partial charge is 0.389 e. The summed E-state index contributed by atoms with van der Waals surface area (Å²) in [6.45, 7) is 0.801. The number of likely N-dealkylation sites (tertiary alicyclic amines) is 1. The minimum absolute atomic E-state index is 0.0240. The maximum absolute atomic E-state index is 10.9. The van der Waals surface area contributed by atoms with Crippen molar-refractivity contribution in [2.45, 2.75) is 6.10 Å². The van der Waals surface area contributed by atoms with Crippen LogP contribution in [0.5, 0.6) is 0 Å². The highest BCUT2D eigenvalue weighted by Crippen LogP contribution is 2.05. The SMILES string of the molecule is O=CNCC(=O)N1CC(O)C1. The molecule has 0 spiro atoms. The molecule has 2 N–H and O–H groups in total. The zero-order valence-electron chi connectivity index (χ0n) is 5.99. The average Bonchev–Trinajstić information content (AvgIpc) is 1.94. The molecule has 0 aliphatic carbocycles. The van der Waals surface area contributed by atoms with Crippen LogP contribution < -0.4 is 5.32 Å². The van der Waals surface area contributed by atoms with Crippen molar-refractivity contribution in [2.75, 3.05) is 19.6 Å². The highest BCUT2D eigenvalue weighted by molar-refractivity contribution is 5.80. The van der Waals surface area contributed by atoms with Gasteiger partial charge in [-0.05, 0) is 0 Å². The van der Waals surface area contributed by atoms with Gasteiger partial charge in [-0.2, -0.15) is 0 Å². The van der Waals surface area contributed by atoms with Crippen LogP contribution >= 0.6 is 0 Å². The van der Waals surface area contributed by atoms with Gasteiger partial charge in [-0.3, -0.25) is 9.59 Å². The quantitative estimate of drug-likeness (QED) is 0.464. The molecule has 11 heavy (non-hydrogen) atoms. The first-order valence-corrected chi connectivity index (χ1v) is 3.37. The molecule has 62 valence electrons. The highest BCUT2D eigenvalue weighted by atomic mass is 16.3. The van der Waals surface area contributed by atoms with Gasteiger partial charge in [0.05, 0.1) is 12.6 Å². The third-order valence-electron chi connectivity index (χ3n) is 1.55. The molecule has 0 saturated carbocycles. The summed E-state index contributed by atoms with van der Waals surface area (Å²) in [5, 5.41) is 11.1. The van der Waals surface area contributed by atoms with Crippen LogP contribution in [0.4, 0.5) is 0 Å². The third-order valence-corrected chi connectivity index (χ3v) is 1.55. The topological polar surface area (TPSA) is 69.6 Å². The van der Waals surface area contributed by atoms with E-state index in [1.54, 1.807) is 0 Å². The molecule has 1 fully saturated rings. The van der Waals surface area contributed by atoms with Crippen LogP contribution in [0.1, 0.15) is 0 Å². The number of carbonyl (C=O) groups excluding carboxylic acids is 2. The van der Waals surface area contributed by atoms with E-state index in [9.17, 15) is 9.59 Å². The van der Waals surface area contributed by atoms with Crippen molar-refractivity contribution in [1.29, 1.82) is 0 Å². The molecule has 0 unspecified atom stereocenters. The summed E-state index contributed by atoms with van der Waals surface area (Å²) < 4.78 is 0. The second-order valence-corrected chi connectivity index (χ2v) is 2.45. The van der Waals surface area contributed by atoms with Gasteiger partial charge in [0, 0.05) is 13.1 Å². The third kappa shape index (κ3) is 1.91. The van der Waals surface area contributed by atoms with Gasteiger partial charge in [0.2, 0.25) is 12.3 Å². The molecule has 1 aliphatic rings. The monoisotopic (exact) mass is 158 g/mol. The van der Waals surface area contributed by atoms with Crippen molar-refractivity contribution in [1.82, 2.24) is 10.2 Å². The minimum atomic E-state index is -0.379. The fourth-order valence-corrected chi connectivity index (χ4v) is 0.900. The second-order valence-electron chi connectivity index (χ2n) is 2.45. The first-order valence-electron chi connectivity index (χ1n) is 3.37. The molecule has 2 amide bonds. The Balaban J connectivity index is 2.16. The van der Waals surface area contributed by atoms with Crippen molar-refractivity contribution in [3.63, 3.8) is 0 Å². The van der Waals surface area contributed by atoms with Gasteiger partial charge in [0.15, 0.2) is 0 Å². The Labute approximate surface area is 64.0 Å². The second kappa shape index (κ2) is 3.34. The lowest BCUT2D eigenvalue weighted by Crippen LogP contribution is -2.55. The Hall–Kier alpha value is -1.10. The van der Waals surface area contributed by atoms with Crippen LogP contribution in [0.3, 0.4) is 0 Å². The number of β-amino-alcohol motifs (C(OH)–C–C–N with tert-alkyl or cyclic N) is 1. The van der Waals surface area contributed by atoms with E-state index in [1.807, 2.05) is 0 Å². The van der Waals surface area contributed by atoms with E-state index in [1.165, 1.54) is 4.90 Å². The van der Waals surface area contributed by atoms with Crippen LogP contribution in [0.15, 0.2) is 0 Å². The van der Waals surface area contributed by atoms with Gasteiger partial charge in [-0.25, -0.2) is 0 Å². The summed E-state index contributed by atoms with van der Waals surface area (Å²) in [5.41, 5.74) is 0. The number of hydrogen-bond acceptors (Lipinski definition) is 3. The predicted molar refractivity (Wildman–Crippen MR) is 36.7 cm³/mol. The summed E-state index contributed by atoms with van der Waals surface area (Å²) in [7, 11) is 0. The van der Waals surface area contributed by atoms with E-state index in [0.29, 0.717) is 19.5 Å². The van der Waals surface area contributed by atoms with E-state index < -0.39 is 0 Å². The number of aliphatic hydroxyl groups is 1. The Kier molecular flexibility index (Phi) is 2.43. The molecule has 0 radical (unpaired) electrons. The molecular formula is C6H10N2O3. The molecule has 1 rings (SSSR count). The van der Waals surface area contributed by atoms with Crippen LogP contribution in [0, 0.1) is 0 Å². The lowest BCUT2D eigenvalue weighted by atomic mass is 10.2. The normalized spacial score (nSPS) is 17.4. The van der Waals surface area contributed by atoms with Crippen LogP contribution in [0.2, 0.25) is 0 Å². The Morgan fingerprint density at radius 3 is 2.82 bits per heavy atom. The standard InChI is InChI=1S/C6H10N2O3/c9-4-7-1-6(11)8-2-5(10)3-8/h4-5,10H,1-3H2,(H,7,9). The molecule has 1 heterocycles. The molecule has 0 bridgehead atoms. The van der Waals surface area contributed by atoms with E-state index in [-0.39, 0.29) is 18.6 Å². The summed E-state index contributed by atoms with van der Waals surface area (Å²) >= 11 is 0. The van der Waals surface area contributed by atoms with Gasteiger partial charge in [-0.15, -0.1) is 0 Å². The molecule has 1 saturated heterocycles. The summed E-state index contributed by atoms with van der Waals surface area (Å²) in [5.74, 6) is -0.151. The van der Waals surface area contributed by atoms with E-state index in [2.05, 4.69) is 5.32 Å². The maximum atomic E-state index is 10.9. The van der Waals surface area contributed by atoms with Crippen LogP contribution in [-0.4, -0.2) is 48.1 Å². The van der Waals surface area contributed by atoms with E-state index in [0.717, 1.165) is 0 Å². The van der Waals surface area contributed by atoms with E-state index >= 15 is 0 Å². The van der Waals surface area contributed by atoms with Crippen molar-refractivity contribution < 1.29 is 14.7 Å². The number of rotatable bonds is 3. The summed E-state index contributed by atoms with van der Waals surface area (Å²) in [4.78, 5) is 22.2. The lowest BCUT2D eigenvalue weighted by molar-refractivity contribution is -0.140. The number of carbonyl (C=O) groups is 2. The van der Waals surface area contributed by atoms with Crippen LogP contribution in [0.25, 0.3) is 0 Å². The number of amides is 2. The number of nitrogens with zero attached hydrogens (tertiary/aromatic N) is 1. The zero-order chi connectivity index (χ0) is 8.27. The number of hydrogen-bond donors (Lipinski definition) is 2. The van der Waals surface area contributed by atoms with E-state index in [4.69, 9.17) is 5.11 Å². The fourth-order valence-electron chi connectivity index (χ4n) is 0.900. The number of nitrogens with one attached hydrogen (secondary N) is 1. The van der Waals surface area contributed by atoms with Crippen LogP contribution in [-0.2, 0) is 9.59 Å².